The van der Waals surface area contributed by atoms with Crippen LogP contribution in [-0.4, -0.2) is 27.8 Å². The number of fused-ring (bicyclic) bond motifs is 1. The summed E-state index contributed by atoms with van der Waals surface area (Å²) in [4.78, 5) is 30.0. The second kappa shape index (κ2) is 9.65. The smallest absolute Gasteiger partial charge is 0.387 e. The fourth-order valence-electron chi connectivity index (χ4n) is 2.99. The summed E-state index contributed by atoms with van der Waals surface area (Å²) in [6, 6.07) is 16.0. The van der Waals surface area contributed by atoms with Crippen molar-refractivity contribution in [2.75, 3.05) is 5.75 Å². The summed E-state index contributed by atoms with van der Waals surface area (Å²) in [6.45, 7) is -2.70. The molecule has 4 rings (SSSR count). The third kappa shape index (κ3) is 4.97. The van der Waals surface area contributed by atoms with Crippen LogP contribution in [0.5, 0.6) is 5.75 Å². The number of thioether (sulfide) groups is 1. The van der Waals surface area contributed by atoms with Crippen molar-refractivity contribution in [2.45, 2.75) is 18.3 Å². The maximum Gasteiger partial charge on any atom is 0.387 e. The number of furan rings is 1. The van der Waals surface area contributed by atoms with Crippen LogP contribution in [0.15, 0.2) is 81.3 Å². The number of rotatable bonds is 8. The quantitative estimate of drug-likeness (QED) is 0.318. The Balaban J connectivity index is 1.62. The summed E-state index contributed by atoms with van der Waals surface area (Å²) >= 11 is 1.09. The zero-order valence-electron chi connectivity index (χ0n) is 16.5. The molecule has 4 aromatic rings. The van der Waals surface area contributed by atoms with E-state index in [2.05, 4.69) is 15.0 Å². The van der Waals surface area contributed by atoms with Crippen LogP contribution in [0.1, 0.15) is 5.76 Å². The highest BCUT2D eigenvalue weighted by molar-refractivity contribution is 7.99. The number of para-hydroxylation sites is 1. The predicted molar refractivity (Wildman–Crippen MR) is 115 cm³/mol. The number of hydrogen-bond acceptors (Lipinski definition) is 6. The van der Waals surface area contributed by atoms with Crippen molar-refractivity contribution in [1.29, 1.82) is 0 Å². The molecule has 0 spiro atoms. The van der Waals surface area contributed by atoms with Gasteiger partial charge >= 0.3 is 6.61 Å². The van der Waals surface area contributed by atoms with Crippen LogP contribution in [0.25, 0.3) is 16.6 Å². The van der Waals surface area contributed by atoms with Gasteiger partial charge < -0.3 is 14.5 Å². The van der Waals surface area contributed by atoms with Crippen LogP contribution in [0.2, 0.25) is 0 Å². The molecule has 0 aliphatic heterocycles. The molecule has 0 saturated heterocycles. The molecule has 0 radical (unpaired) electrons. The first-order valence-electron chi connectivity index (χ1n) is 9.50. The van der Waals surface area contributed by atoms with Gasteiger partial charge in [-0.25, -0.2) is 4.98 Å². The highest BCUT2D eigenvalue weighted by atomic mass is 32.2. The van der Waals surface area contributed by atoms with Gasteiger partial charge in [-0.15, -0.1) is 0 Å². The van der Waals surface area contributed by atoms with E-state index in [4.69, 9.17) is 4.42 Å². The van der Waals surface area contributed by atoms with Crippen LogP contribution in [0, 0.1) is 0 Å². The normalized spacial score (nSPS) is 11.1. The minimum atomic E-state index is -2.95. The number of carbonyl (C=O) groups is 1. The van der Waals surface area contributed by atoms with Gasteiger partial charge in [0.1, 0.15) is 11.5 Å². The van der Waals surface area contributed by atoms with Gasteiger partial charge in [-0.1, -0.05) is 23.9 Å². The number of halogens is 2. The molecule has 0 saturated carbocycles. The summed E-state index contributed by atoms with van der Waals surface area (Å²) in [6.07, 6.45) is 1.52. The lowest BCUT2D eigenvalue weighted by atomic mass is 10.2. The molecule has 32 heavy (non-hydrogen) atoms. The van der Waals surface area contributed by atoms with E-state index >= 15 is 0 Å². The average Bonchev–Trinajstić information content (AvgIpc) is 3.31. The lowest BCUT2D eigenvalue weighted by molar-refractivity contribution is -0.118. The first-order chi connectivity index (χ1) is 15.5. The lowest BCUT2D eigenvalue weighted by Crippen LogP contribution is -2.26. The molecule has 2 aromatic heterocycles. The predicted octanol–water partition coefficient (Wildman–Crippen LogP) is 3.99. The Hall–Kier alpha value is -3.66. The number of hydrogen-bond donors (Lipinski definition) is 1. The maximum atomic E-state index is 13.2. The van der Waals surface area contributed by atoms with Crippen molar-refractivity contribution >= 4 is 28.6 Å². The third-order valence-corrected chi connectivity index (χ3v) is 5.38. The molecule has 7 nitrogen and oxygen atoms in total. The third-order valence-electron chi connectivity index (χ3n) is 4.44. The number of benzene rings is 2. The summed E-state index contributed by atoms with van der Waals surface area (Å²) in [5.41, 5.74) is 0.565. The lowest BCUT2D eigenvalue weighted by Gasteiger charge is -2.14. The molecule has 0 bridgehead atoms. The van der Waals surface area contributed by atoms with Crippen LogP contribution >= 0.6 is 11.8 Å². The van der Waals surface area contributed by atoms with Crippen LogP contribution in [-0.2, 0) is 11.3 Å². The number of nitrogens with zero attached hydrogens (tertiary/aromatic N) is 2. The zero-order valence-corrected chi connectivity index (χ0v) is 17.4. The van der Waals surface area contributed by atoms with Crippen molar-refractivity contribution in [2.24, 2.45) is 0 Å². The minimum Gasteiger partial charge on any atom is -0.467 e. The van der Waals surface area contributed by atoms with Gasteiger partial charge in [0.2, 0.25) is 5.91 Å². The standard InChI is InChI=1S/C22H17F2N3O4S/c23-21(24)31-15-9-7-14(8-10-15)27-20(29)17-5-1-2-6-18(17)26-22(27)32-13-19(28)25-12-16-4-3-11-30-16/h1-11,21H,12-13H2,(H,25,28). The molecule has 1 amide bonds. The second-order valence-corrected chi connectivity index (χ2v) is 7.51. The Morgan fingerprint density at radius 3 is 2.62 bits per heavy atom. The molecule has 0 aliphatic carbocycles. The van der Waals surface area contributed by atoms with Crippen molar-refractivity contribution in [3.05, 3.63) is 83.0 Å². The fourth-order valence-corrected chi connectivity index (χ4v) is 3.84. The molecule has 0 atom stereocenters. The van der Waals surface area contributed by atoms with Crippen LogP contribution < -0.4 is 15.6 Å². The van der Waals surface area contributed by atoms with E-state index in [0.29, 0.717) is 27.5 Å². The van der Waals surface area contributed by atoms with E-state index in [-0.39, 0.29) is 29.5 Å². The fraction of sp³-hybridized carbons (Fsp3) is 0.136. The Morgan fingerprint density at radius 2 is 1.91 bits per heavy atom. The first kappa shape index (κ1) is 21.6. The highest BCUT2D eigenvalue weighted by Gasteiger charge is 2.15. The largest absolute Gasteiger partial charge is 0.467 e. The molecule has 2 aromatic carbocycles. The van der Waals surface area contributed by atoms with Crippen LogP contribution in [0.3, 0.4) is 0 Å². The molecule has 0 unspecified atom stereocenters. The van der Waals surface area contributed by atoms with Gasteiger partial charge in [-0.3, -0.25) is 14.2 Å². The van der Waals surface area contributed by atoms with E-state index in [0.717, 1.165) is 11.8 Å². The minimum absolute atomic E-state index is 0.0120. The van der Waals surface area contributed by atoms with E-state index in [1.54, 1.807) is 36.4 Å². The molecular formula is C22H17F2N3O4S. The van der Waals surface area contributed by atoms with E-state index in [1.807, 2.05) is 0 Å². The molecule has 1 N–H and O–H groups in total. The monoisotopic (exact) mass is 457 g/mol. The molecule has 0 fully saturated rings. The number of amides is 1. The molecular weight excluding hydrogens is 440 g/mol. The summed E-state index contributed by atoms with van der Waals surface area (Å²) in [5.74, 6) is 0.339. The SMILES string of the molecule is O=C(CSc1nc2ccccc2c(=O)n1-c1ccc(OC(F)F)cc1)NCc1ccco1. The zero-order chi connectivity index (χ0) is 22.5. The Kier molecular flexibility index (Phi) is 6.50. The van der Waals surface area contributed by atoms with Gasteiger partial charge in [-0.2, -0.15) is 8.78 Å². The van der Waals surface area contributed by atoms with Gasteiger partial charge in [0.15, 0.2) is 5.16 Å². The van der Waals surface area contributed by atoms with E-state index in [9.17, 15) is 18.4 Å². The number of ether oxygens (including phenoxy) is 1. The first-order valence-corrected chi connectivity index (χ1v) is 10.5. The molecule has 10 heteroatoms. The Morgan fingerprint density at radius 1 is 1.12 bits per heavy atom. The van der Waals surface area contributed by atoms with Crippen molar-refractivity contribution in [3.63, 3.8) is 0 Å². The van der Waals surface area contributed by atoms with Gasteiger partial charge in [0, 0.05) is 0 Å². The summed E-state index contributed by atoms with van der Waals surface area (Å²) in [5, 5.41) is 3.43. The highest BCUT2D eigenvalue weighted by Crippen LogP contribution is 2.23. The van der Waals surface area contributed by atoms with Gasteiger partial charge in [-0.05, 0) is 48.5 Å². The van der Waals surface area contributed by atoms with Gasteiger partial charge in [0.05, 0.1) is 35.2 Å². The van der Waals surface area contributed by atoms with Crippen molar-refractivity contribution in [1.82, 2.24) is 14.9 Å². The topological polar surface area (TPSA) is 86.4 Å². The Bertz CT molecular complexity index is 1270. The second-order valence-electron chi connectivity index (χ2n) is 6.57. The van der Waals surface area contributed by atoms with Gasteiger partial charge in [0.25, 0.3) is 5.56 Å². The average molecular weight is 457 g/mol. The number of alkyl halides is 2. The number of nitrogens with one attached hydrogen (secondary N) is 1. The van der Waals surface area contributed by atoms with E-state index in [1.165, 1.54) is 35.1 Å². The van der Waals surface area contributed by atoms with Crippen molar-refractivity contribution in [3.8, 4) is 11.4 Å². The summed E-state index contributed by atoms with van der Waals surface area (Å²) in [7, 11) is 0. The Labute approximate surface area is 185 Å². The maximum absolute atomic E-state index is 13.2. The number of aromatic nitrogens is 2. The molecule has 2 heterocycles. The van der Waals surface area contributed by atoms with Crippen LogP contribution in [0.4, 0.5) is 8.78 Å². The number of carbonyl (C=O) groups excluding carboxylic acids is 1. The summed E-state index contributed by atoms with van der Waals surface area (Å²) < 4.78 is 35.8. The van der Waals surface area contributed by atoms with Crippen molar-refractivity contribution < 1.29 is 22.7 Å². The molecule has 0 aliphatic rings. The molecule has 164 valence electrons. The van der Waals surface area contributed by atoms with E-state index < -0.39 is 6.61 Å².